The van der Waals surface area contributed by atoms with Crippen LogP contribution in [0, 0.1) is 0 Å². The lowest BCUT2D eigenvalue weighted by Gasteiger charge is -2.27. The highest BCUT2D eigenvalue weighted by Crippen LogP contribution is 2.34. The number of aliphatic carboxylic acids is 1. The van der Waals surface area contributed by atoms with Crippen LogP contribution in [0.25, 0.3) is 0 Å². The lowest BCUT2D eigenvalue weighted by molar-refractivity contribution is -0.146. The summed E-state index contributed by atoms with van der Waals surface area (Å²) in [5.41, 5.74) is 0.591. The minimum Gasteiger partial charge on any atom is -0.480 e. The Labute approximate surface area is 188 Å². The van der Waals surface area contributed by atoms with Crippen molar-refractivity contribution in [3.05, 3.63) is 24.3 Å². The van der Waals surface area contributed by atoms with E-state index in [2.05, 4.69) is 12.2 Å². The molecule has 0 aliphatic carbocycles. The van der Waals surface area contributed by atoms with Crippen LogP contribution in [0.15, 0.2) is 29.2 Å². The number of amides is 1. The number of anilines is 1. The van der Waals surface area contributed by atoms with Crippen LogP contribution in [0.1, 0.15) is 58.8 Å². The quantitative estimate of drug-likeness (QED) is 0.348. The van der Waals surface area contributed by atoms with E-state index in [0.29, 0.717) is 17.9 Å². The largest absolute Gasteiger partial charge is 0.480 e. The lowest BCUT2D eigenvalue weighted by atomic mass is 10.0. The molecule has 0 saturated heterocycles. The molecule has 7 nitrogen and oxygen atoms in total. The van der Waals surface area contributed by atoms with Crippen LogP contribution in [-0.4, -0.2) is 53.9 Å². The van der Waals surface area contributed by atoms with Crippen LogP contribution in [0.5, 0.6) is 0 Å². The Morgan fingerprint density at radius 1 is 1.19 bits per heavy atom. The number of unbranched alkanes of at least 4 members (excludes halogenated alkanes) is 5. The van der Waals surface area contributed by atoms with Crippen LogP contribution < -0.4 is 10.2 Å². The molecule has 1 unspecified atom stereocenters. The molecule has 1 aliphatic heterocycles. The zero-order valence-electron chi connectivity index (χ0n) is 18.5. The summed E-state index contributed by atoms with van der Waals surface area (Å²) < 4.78 is 5.23. The Hall–Kier alpha value is -2.06. The zero-order chi connectivity index (χ0) is 22.6. The Morgan fingerprint density at radius 2 is 1.90 bits per heavy atom. The van der Waals surface area contributed by atoms with Crippen molar-refractivity contribution in [2.45, 2.75) is 75.8 Å². The highest BCUT2D eigenvalue weighted by atomic mass is 32.2. The van der Waals surface area contributed by atoms with Crippen LogP contribution in [0.3, 0.4) is 0 Å². The van der Waals surface area contributed by atoms with Crippen molar-refractivity contribution >= 4 is 35.3 Å². The summed E-state index contributed by atoms with van der Waals surface area (Å²) in [7, 11) is 0. The van der Waals surface area contributed by atoms with Crippen molar-refractivity contribution in [2.75, 3.05) is 23.8 Å². The second kappa shape index (κ2) is 13.4. The molecule has 0 saturated carbocycles. The molecule has 2 atom stereocenters. The molecule has 0 aromatic heterocycles. The second-order valence-electron chi connectivity index (χ2n) is 7.68. The van der Waals surface area contributed by atoms with E-state index in [9.17, 15) is 19.5 Å². The van der Waals surface area contributed by atoms with E-state index in [0.717, 1.165) is 24.2 Å². The molecule has 0 fully saturated rings. The van der Waals surface area contributed by atoms with Gasteiger partial charge >= 0.3 is 11.9 Å². The van der Waals surface area contributed by atoms with E-state index >= 15 is 0 Å². The van der Waals surface area contributed by atoms with Gasteiger partial charge in [0, 0.05) is 10.6 Å². The zero-order valence-corrected chi connectivity index (χ0v) is 19.3. The van der Waals surface area contributed by atoms with Gasteiger partial charge in [-0.25, -0.2) is 0 Å². The first-order valence-corrected chi connectivity index (χ1v) is 12.1. The van der Waals surface area contributed by atoms with E-state index in [1.54, 1.807) is 19.1 Å². The van der Waals surface area contributed by atoms with Crippen LogP contribution in [0.2, 0.25) is 0 Å². The fourth-order valence-electron chi connectivity index (χ4n) is 3.65. The van der Waals surface area contributed by atoms with E-state index in [1.165, 1.54) is 35.9 Å². The van der Waals surface area contributed by atoms with Crippen molar-refractivity contribution < 1.29 is 24.2 Å². The van der Waals surface area contributed by atoms with Crippen molar-refractivity contribution in [3.8, 4) is 0 Å². The van der Waals surface area contributed by atoms with Gasteiger partial charge in [0.25, 0.3) is 0 Å². The predicted molar refractivity (Wildman–Crippen MR) is 122 cm³/mol. The van der Waals surface area contributed by atoms with Gasteiger partial charge in [0.05, 0.1) is 18.3 Å². The molecule has 1 heterocycles. The summed E-state index contributed by atoms with van der Waals surface area (Å²) >= 11 is 1.49. The van der Waals surface area contributed by atoms with Crippen LogP contribution >= 0.6 is 11.8 Å². The van der Waals surface area contributed by atoms with Gasteiger partial charge < -0.3 is 9.84 Å². The predicted octanol–water partition coefficient (Wildman–Crippen LogP) is 3.85. The summed E-state index contributed by atoms with van der Waals surface area (Å²) in [6.07, 6.45) is 7.20. The number of carbonyl (C=O) groups excluding carboxylic acids is 2. The smallest absolute Gasteiger partial charge is 0.323 e. The summed E-state index contributed by atoms with van der Waals surface area (Å²) in [5, 5.41) is 12.5. The average Bonchev–Trinajstić information content (AvgIpc) is 2.87. The van der Waals surface area contributed by atoms with Crippen molar-refractivity contribution in [3.63, 3.8) is 0 Å². The number of nitrogens with zero attached hydrogens (tertiary/aromatic N) is 1. The van der Waals surface area contributed by atoms with Crippen molar-refractivity contribution in [1.82, 2.24) is 5.32 Å². The number of nitrogens with one attached hydrogen (secondary N) is 1. The Morgan fingerprint density at radius 3 is 2.61 bits per heavy atom. The molecule has 0 bridgehead atoms. The second-order valence-corrected chi connectivity index (χ2v) is 8.74. The Bertz CT molecular complexity index is 742. The number of thioether (sulfide) groups is 1. The molecule has 1 aromatic carbocycles. The van der Waals surface area contributed by atoms with Crippen molar-refractivity contribution in [1.29, 1.82) is 0 Å². The maximum Gasteiger partial charge on any atom is 0.323 e. The molecular weight excluding hydrogens is 416 g/mol. The Balaban J connectivity index is 2.10. The maximum atomic E-state index is 13.2. The molecule has 31 heavy (non-hydrogen) atoms. The summed E-state index contributed by atoms with van der Waals surface area (Å²) in [4.78, 5) is 39.3. The molecule has 1 aromatic rings. The van der Waals surface area contributed by atoms with Gasteiger partial charge in [0.2, 0.25) is 5.91 Å². The number of carboxylic acid groups (broad SMARTS) is 1. The monoisotopic (exact) mass is 450 g/mol. The molecule has 172 valence electrons. The number of ether oxygens (including phenoxy) is 1. The summed E-state index contributed by atoms with van der Waals surface area (Å²) in [5.74, 6) is -1.36. The number of benzene rings is 1. The first kappa shape index (κ1) is 25.2. The maximum absolute atomic E-state index is 13.2. The fourth-order valence-corrected chi connectivity index (χ4v) is 4.74. The number of carbonyl (C=O) groups is 3. The Kier molecular flexibility index (Phi) is 10.9. The highest BCUT2D eigenvalue weighted by molar-refractivity contribution is 7.99. The average molecular weight is 451 g/mol. The third-order valence-electron chi connectivity index (χ3n) is 5.24. The molecule has 0 spiro atoms. The lowest BCUT2D eigenvalue weighted by Crippen LogP contribution is -2.54. The topological polar surface area (TPSA) is 95.9 Å². The van der Waals surface area contributed by atoms with Gasteiger partial charge in [-0.05, 0) is 25.5 Å². The number of rotatable bonds is 13. The molecule has 2 N–H and O–H groups in total. The van der Waals surface area contributed by atoms with Gasteiger partial charge in [-0.15, -0.1) is 11.8 Å². The van der Waals surface area contributed by atoms with E-state index in [-0.39, 0.29) is 18.5 Å². The third kappa shape index (κ3) is 7.85. The first-order chi connectivity index (χ1) is 15.0. The number of hydrogen-bond donors (Lipinski definition) is 2. The van der Waals surface area contributed by atoms with E-state index < -0.39 is 24.6 Å². The third-order valence-corrected chi connectivity index (χ3v) is 6.40. The minimum absolute atomic E-state index is 0.275. The van der Waals surface area contributed by atoms with Gasteiger partial charge in [-0.1, -0.05) is 57.6 Å². The molecule has 1 amide bonds. The standard InChI is InChI=1S/C23H34N2O5S/c1-3-5-6-7-8-9-12-17(23(29)30-4-2)24-18-16-31-20-14-11-10-13-19(20)25(22(18)28)15-21(26)27/h10-11,13-14,17-18,24H,3-9,12,15-16H2,1-2H3,(H,26,27)/t17?,18-/m0/s1. The number of hydrogen-bond acceptors (Lipinski definition) is 6. The van der Waals surface area contributed by atoms with Gasteiger partial charge in [-0.3, -0.25) is 24.6 Å². The van der Waals surface area contributed by atoms with Gasteiger partial charge in [0.1, 0.15) is 12.6 Å². The van der Waals surface area contributed by atoms with Crippen molar-refractivity contribution in [2.24, 2.45) is 0 Å². The fraction of sp³-hybridized carbons (Fsp3) is 0.609. The number of carboxylic acids is 1. The minimum atomic E-state index is -1.08. The van der Waals surface area contributed by atoms with Gasteiger partial charge in [0.15, 0.2) is 0 Å². The molecule has 8 heteroatoms. The van der Waals surface area contributed by atoms with Crippen LogP contribution in [-0.2, 0) is 19.1 Å². The van der Waals surface area contributed by atoms with Gasteiger partial charge in [-0.2, -0.15) is 0 Å². The molecular formula is C23H34N2O5S. The van der Waals surface area contributed by atoms with Crippen LogP contribution in [0.4, 0.5) is 5.69 Å². The van der Waals surface area contributed by atoms with E-state index in [4.69, 9.17) is 4.74 Å². The number of esters is 1. The number of fused-ring (bicyclic) bond motifs is 1. The molecule has 2 rings (SSSR count). The number of para-hydroxylation sites is 1. The molecule has 0 radical (unpaired) electrons. The summed E-state index contributed by atoms with van der Waals surface area (Å²) in [6, 6.07) is 6.02. The SMILES string of the molecule is CCCCCCCCC(N[C@H]1CSc2ccccc2N(CC(=O)O)C1=O)C(=O)OCC. The normalized spacial score (nSPS) is 17.0. The molecule has 1 aliphatic rings. The van der Waals surface area contributed by atoms with E-state index in [1.807, 2.05) is 12.1 Å². The first-order valence-electron chi connectivity index (χ1n) is 11.2. The summed E-state index contributed by atoms with van der Waals surface area (Å²) in [6.45, 7) is 3.79. The highest BCUT2D eigenvalue weighted by Gasteiger charge is 2.34.